The summed E-state index contributed by atoms with van der Waals surface area (Å²) in [6.45, 7) is 5.18. The number of amides is 1. The number of hydrogen-bond acceptors (Lipinski definition) is 3. The van der Waals surface area contributed by atoms with E-state index in [1.807, 2.05) is 26.0 Å². The first-order chi connectivity index (χ1) is 12.4. The number of aryl methyl sites for hydroxylation is 2. The third-order valence-electron chi connectivity index (χ3n) is 4.69. The van der Waals surface area contributed by atoms with Gasteiger partial charge in [0.05, 0.1) is 11.3 Å². The molecule has 0 spiro atoms. The zero-order valence-electron chi connectivity index (χ0n) is 15.2. The Kier molecular flexibility index (Phi) is 5.44. The van der Waals surface area contributed by atoms with Crippen molar-refractivity contribution >= 4 is 21.6 Å². The second kappa shape index (κ2) is 7.60. The van der Waals surface area contributed by atoms with Gasteiger partial charge in [0.2, 0.25) is 15.9 Å². The molecule has 1 amide bonds. The Balaban J connectivity index is 1.66. The molecule has 3 rings (SSSR count). The Morgan fingerprint density at radius 1 is 1.04 bits per heavy atom. The van der Waals surface area contributed by atoms with E-state index in [4.69, 9.17) is 0 Å². The molecule has 0 saturated carbocycles. The minimum atomic E-state index is -3.42. The van der Waals surface area contributed by atoms with Gasteiger partial charge in [0.15, 0.2) is 0 Å². The minimum absolute atomic E-state index is 0.118. The van der Waals surface area contributed by atoms with Crippen LogP contribution in [-0.2, 0) is 21.2 Å². The van der Waals surface area contributed by atoms with Crippen LogP contribution in [0.25, 0.3) is 0 Å². The van der Waals surface area contributed by atoms with Crippen molar-refractivity contribution in [3.05, 3.63) is 59.2 Å². The zero-order valence-corrected chi connectivity index (χ0v) is 16.0. The lowest BCUT2D eigenvalue weighted by Crippen LogP contribution is -2.27. The maximum Gasteiger partial charge on any atom is 0.243 e. The quantitative estimate of drug-likeness (QED) is 0.876. The summed E-state index contributed by atoms with van der Waals surface area (Å²) in [6, 6.07) is 12.4. The highest BCUT2D eigenvalue weighted by Gasteiger charge is 2.26. The van der Waals surface area contributed by atoms with E-state index in [0.29, 0.717) is 25.2 Å². The first kappa shape index (κ1) is 18.6. The molecule has 2 aromatic rings. The smallest absolute Gasteiger partial charge is 0.243 e. The van der Waals surface area contributed by atoms with Crippen LogP contribution in [0.15, 0.2) is 47.4 Å². The molecule has 1 aliphatic rings. The maximum atomic E-state index is 12.5. The molecule has 1 aliphatic heterocycles. The van der Waals surface area contributed by atoms with Crippen molar-refractivity contribution < 1.29 is 13.2 Å². The summed E-state index contributed by atoms with van der Waals surface area (Å²) in [5, 5.41) is 2.83. The number of nitrogens with one attached hydrogen (secondary N) is 1. The van der Waals surface area contributed by atoms with Gasteiger partial charge in [-0.3, -0.25) is 4.79 Å². The molecule has 0 radical (unpaired) electrons. The van der Waals surface area contributed by atoms with Gasteiger partial charge in [0, 0.05) is 18.8 Å². The van der Waals surface area contributed by atoms with Crippen LogP contribution in [0, 0.1) is 13.8 Å². The number of carbonyl (C=O) groups is 1. The first-order valence-electron chi connectivity index (χ1n) is 8.82. The number of rotatable bonds is 5. The maximum absolute atomic E-state index is 12.5. The van der Waals surface area contributed by atoms with E-state index in [-0.39, 0.29) is 10.8 Å². The lowest BCUT2D eigenvalue weighted by molar-refractivity contribution is -0.115. The molecule has 0 aliphatic carbocycles. The van der Waals surface area contributed by atoms with Crippen molar-refractivity contribution in [2.75, 3.05) is 18.4 Å². The van der Waals surface area contributed by atoms with E-state index in [0.717, 1.165) is 24.0 Å². The van der Waals surface area contributed by atoms with Crippen LogP contribution in [0.5, 0.6) is 0 Å². The molecule has 1 heterocycles. The molecule has 0 atom stereocenters. The Hall–Kier alpha value is -2.18. The standard InChI is InChI=1S/C20H24N2O3S/c1-15-5-6-17(16(2)13-15)14-20(23)21-18-7-9-19(10-8-18)26(24,25)22-11-3-4-12-22/h5-10,13H,3-4,11-12,14H2,1-2H3,(H,21,23). The van der Waals surface area contributed by atoms with Crippen LogP contribution in [0.2, 0.25) is 0 Å². The summed E-state index contributed by atoms with van der Waals surface area (Å²) in [7, 11) is -3.42. The average Bonchev–Trinajstić information content (AvgIpc) is 3.13. The number of hydrogen-bond donors (Lipinski definition) is 1. The van der Waals surface area contributed by atoms with Crippen molar-refractivity contribution in [3.63, 3.8) is 0 Å². The average molecular weight is 372 g/mol. The van der Waals surface area contributed by atoms with Gasteiger partial charge in [-0.25, -0.2) is 8.42 Å². The first-order valence-corrected chi connectivity index (χ1v) is 10.3. The van der Waals surface area contributed by atoms with E-state index in [1.165, 1.54) is 9.87 Å². The van der Waals surface area contributed by atoms with E-state index in [2.05, 4.69) is 11.4 Å². The molecule has 6 heteroatoms. The van der Waals surface area contributed by atoms with Crippen LogP contribution in [-0.4, -0.2) is 31.7 Å². The number of anilines is 1. The fourth-order valence-electron chi connectivity index (χ4n) is 3.21. The molecule has 1 N–H and O–H groups in total. The predicted molar refractivity (Wildman–Crippen MR) is 103 cm³/mol. The summed E-state index contributed by atoms with van der Waals surface area (Å²) < 4.78 is 26.5. The fraction of sp³-hybridized carbons (Fsp3) is 0.350. The molecule has 1 fully saturated rings. The lowest BCUT2D eigenvalue weighted by atomic mass is 10.0. The van der Waals surface area contributed by atoms with Gasteiger partial charge in [-0.15, -0.1) is 0 Å². The van der Waals surface area contributed by atoms with Crippen molar-refractivity contribution in [2.45, 2.75) is 38.0 Å². The van der Waals surface area contributed by atoms with Crippen molar-refractivity contribution in [2.24, 2.45) is 0 Å². The van der Waals surface area contributed by atoms with Crippen LogP contribution in [0.4, 0.5) is 5.69 Å². The van der Waals surface area contributed by atoms with Gasteiger partial charge in [-0.1, -0.05) is 23.8 Å². The highest BCUT2D eigenvalue weighted by Crippen LogP contribution is 2.22. The molecule has 5 nitrogen and oxygen atoms in total. The van der Waals surface area contributed by atoms with Gasteiger partial charge in [0.25, 0.3) is 0 Å². The molecular weight excluding hydrogens is 348 g/mol. The van der Waals surface area contributed by atoms with E-state index in [1.54, 1.807) is 24.3 Å². The van der Waals surface area contributed by atoms with Crippen LogP contribution in [0.1, 0.15) is 29.5 Å². The number of sulfonamides is 1. The third kappa shape index (κ3) is 4.14. The Morgan fingerprint density at radius 2 is 1.69 bits per heavy atom. The van der Waals surface area contributed by atoms with Crippen molar-refractivity contribution in [1.82, 2.24) is 4.31 Å². The second-order valence-electron chi connectivity index (χ2n) is 6.79. The van der Waals surface area contributed by atoms with Gasteiger partial charge < -0.3 is 5.32 Å². The zero-order chi connectivity index (χ0) is 18.7. The molecule has 0 aromatic heterocycles. The van der Waals surface area contributed by atoms with Crippen LogP contribution >= 0.6 is 0 Å². The highest BCUT2D eigenvalue weighted by atomic mass is 32.2. The summed E-state index contributed by atoms with van der Waals surface area (Å²) in [4.78, 5) is 12.5. The summed E-state index contributed by atoms with van der Waals surface area (Å²) in [5.74, 6) is -0.118. The number of benzene rings is 2. The topological polar surface area (TPSA) is 66.5 Å². The van der Waals surface area contributed by atoms with Crippen LogP contribution in [0.3, 0.4) is 0 Å². The summed E-state index contributed by atoms with van der Waals surface area (Å²) in [6.07, 6.45) is 2.11. The largest absolute Gasteiger partial charge is 0.326 e. The monoisotopic (exact) mass is 372 g/mol. The Bertz CT molecular complexity index is 899. The minimum Gasteiger partial charge on any atom is -0.326 e. The van der Waals surface area contributed by atoms with E-state index < -0.39 is 10.0 Å². The van der Waals surface area contributed by atoms with Gasteiger partial charge in [0.1, 0.15) is 0 Å². The normalized spacial score (nSPS) is 15.2. The highest BCUT2D eigenvalue weighted by molar-refractivity contribution is 7.89. The van der Waals surface area contributed by atoms with E-state index >= 15 is 0 Å². The van der Waals surface area contributed by atoms with E-state index in [9.17, 15) is 13.2 Å². The Labute approximate surface area is 155 Å². The molecule has 2 aromatic carbocycles. The molecular formula is C20H24N2O3S. The Morgan fingerprint density at radius 3 is 2.31 bits per heavy atom. The van der Waals surface area contributed by atoms with Crippen molar-refractivity contribution in [1.29, 1.82) is 0 Å². The van der Waals surface area contributed by atoms with Gasteiger partial charge in [-0.2, -0.15) is 4.31 Å². The molecule has 0 unspecified atom stereocenters. The molecule has 0 bridgehead atoms. The number of nitrogens with zero attached hydrogens (tertiary/aromatic N) is 1. The second-order valence-corrected chi connectivity index (χ2v) is 8.73. The van der Waals surface area contributed by atoms with Gasteiger partial charge in [-0.05, 0) is 62.1 Å². The SMILES string of the molecule is Cc1ccc(CC(=O)Nc2ccc(S(=O)(=O)N3CCCC3)cc2)c(C)c1. The van der Waals surface area contributed by atoms with Crippen LogP contribution < -0.4 is 5.32 Å². The molecule has 26 heavy (non-hydrogen) atoms. The molecule has 1 saturated heterocycles. The third-order valence-corrected chi connectivity index (χ3v) is 6.60. The van der Waals surface area contributed by atoms with Crippen molar-refractivity contribution in [3.8, 4) is 0 Å². The summed E-state index contributed by atoms with van der Waals surface area (Å²) in [5.41, 5.74) is 3.84. The fourth-order valence-corrected chi connectivity index (χ4v) is 4.73. The predicted octanol–water partition coefficient (Wildman–Crippen LogP) is 3.27. The lowest BCUT2D eigenvalue weighted by Gasteiger charge is -2.15. The molecule has 138 valence electrons. The number of carbonyl (C=O) groups excluding carboxylic acids is 1. The van der Waals surface area contributed by atoms with Gasteiger partial charge >= 0.3 is 0 Å². The summed E-state index contributed by atoms with van der Waals surface area (Å²) >= 11 is 0.